The SMILES string of the molecule is CCCCCC(C)(C)c1cc(C2CCCCC2)c(O)c(C2CCCCC2)c1. The van der Waals surface area contributed by atoms with Crippen LogP contribution in [0, 0.1) is 0 Å². The number of rotatable bonds is 7. The van der Waals surface area contributed by atoms with Crippen LogP contribution in [0.25, 0.3) is 0 Å². The molecule has 2 fully saturated rings. The van der Waals surface area contributed by atoms with Crippen LogP contribution in [0.15, 0.2) is 12.1 Å². The molecular weight excluding hydrogens is 328 g/mol. The number of unbranched alkanes of at least 4 members (excludes halogenated alkanes) is 2. The summed E-state index contributed by atoms with van der Waals surface area (Å²) < 4.78 is 0. The molecule has 0 aliphatic heterocycles. The number of hydrogen-bond donors (Lipinski definition) is 1. The fraction of sp³-hybridized carbons (Fsp3) is 0.769. The first-order valence-electron chi connectivity index (χ1n) is 11.9. The summed E-state index contributed by atoms with van der Waals surface area (Å²) in [6.07, 6.45) is 18.3. The highest BCUT2D eigenvalue weighted by Gasteiger charge is 2.29. The number of aromatic hydroxyl groups is 1. The van der Waals surface area contributed by atoms with Crippen molar-refractivity contribution in [3.8, 4) is 5.75 Å². The molecule has 152 valence electrons. The van der Waals surface area contributed by atoms with Gasteiger partial charge in [0.1, 0.15) is 5.75 Å². The van der Waals surface area contributed by atoms with E-state index in [0.717, 1.165) is 0 Å². The maximum atomic E-state index is 11.3. The molecule has 0 heterocycles. The van der Waals surface area contributed by atoms with Crippen molar-refractivity contribution < 1.29 is 5.11 Å². The predicted octanol–water partition coefficient (Wildman–Crippen LogP) is 8.35. The van der Waals surface area contributed by atoms with Crippen LogP contribution in [-0.4, -0.2) is 5.11 Å². The Morgan fingerprint density at radius 2 is 1.30 bits per heavy atom. The fourth-order valence-corrected chi connectivity index (χ4v) is 5.48. The lowest BCUT2D eigenvalue weighted by Gasteiger charge is -2.32. The number of phenolic OH excluding ortho intramolecular Hbond substituents is 1. The van der Waals surface area contributed by atoms with Crippen LogP contribution in [0.3, 0.4) is 0 Å². The molecule has 0 aromatic heterocycles. The molecule has 3 rings (SSSR count). The molecule has 0 saturated heterocycles. The van der Waals surface area contributed by atoms with Gasteiger partial charge in [0.2, 0.25) is 0 Å². The van der Waals surface area contributed by atoms with Crippen LogP contribution in [0.4, 0.5) is 0 Å². The lowest BCUT2D eigenvalue weighted by atomic mass is 9.73. The summed E-state index contributed by atoms with van der Waals surface area (Å²) in [5.74, 6) is 1.82. The van der Waals surface area contributed by atoms with Gasteiger partial charge in [-0.25, -0.2) is 0 Å². The Balaban J connectivity index is 1.96. The second-order valence-corrected chi connectivity index (χ2v) is 10.0. The molecule has 1 aromatic carbocycles. The van der Waals surface area contributed by atoms with Crippen molar-refractivity contribution >= 4 is 0 Å². The van der Waals surface area contributed by atoms with Crippen LogP contribution >= 0.6 is 0 Å². The van der Waals surface area contributed by atoms with Gasteiger partial charge in [0.15, 0.2) is 0 Å². The van der Waals surface area contributed by atoms with Crippen LogP contribution in [0.2, 0.25) is 0 Å². The topological polar surface area (TPSA) is 20.2 Å². The molecule has 0 bridgehead atoms. The van der Waals surface area contributed by atoms with E-state index in [9.17, 15) is 5.11 Å². The van der Waals surface area contributed by atoms with Gasteiger partial charge < -0.3 is 5.11 Å². The molecule has 1 aromatic rings. The van der Waals surface area contributed by atoms with Gasteiger partial charge in [-0.15, -0.1) is 0 Å². The lowest BCUT2D eigenvalue weighted by Crippen LogP contribution is -2.19. The largest absolute Gasteiger partial charge is 0.507 e. The van der Waals surface area contributed by atoms with Gasteiger partial charge in [-0.05, 0) is 66.0 Å². The molecule has 1 heteroatoms. The third-order valence-corrected chi connectivity index (χ3v) is 7.45. The van der Waals surface area contributed by atoms with Crippen molar-refractivity contribution in [3.63, 3.8) is 0 Å². The maximum Gasteiger partial charge on any atom is 0.122 e. The zero-order valence-electron chi connectivity index (χ0n) is 18.2. The van der Waals surface area contributed by atoms with Crippen molar-refractivity contribution in [1.82, 2.24) is 0 Å². The van der Waals surface area contributed by atoms with E-state index in [1.54, 1.807) is 0 Å². The summed E-state index contributed by atoms with van der Waals surface area (Å²) in [5, 5.41) is 11.3. The van der Waals surface area contributed by atoms with Crippen molar-refractivity contribution in [2.75, 3.05) is 0 Å². The van der Waals surface area contributed by atoms with Gasteiger partial charge >= 0.3 is 0 Å². The fourth-order valence-electron chi connectivity index (χ4n) is 5.48. The first-order chi connectivity index (χ1) is 13.0. The van der Waals surface area contributed by atoms with Crippen LogP contribution in [0.5, 0.6) is 5.75 Å². The van der Waals surface area contributed by atoms with E-state index in [-0.39, 0.29) is 5.41 Å². The average molecular weight is 371 g/mol. The Morgan fingerprint density at radius 3 is 1.74 bits per heavy atom. The molecule has 2 saturated carbocycles. The Hall–Kier alpha value is -0.980. The van der Waals surface area contributed by atoms with Crippen LogP contribution in [-0.2, 0) is 5.41 Å². The van der Waals surface area contributed by atoms with Gasteiger partial charge in [-0.2, -0.15) is 0 Å². The van der Waals surface area contributed by atoms with Crippen LogP contribution in [0.1, 0.15) is 139 Å². The van der Waals surface area contributed by atoms with Crippen molar-refractivity contribution in [2.24, 2.45) is 0 Å². The molecule has 1 nitrogen and oxygen atoms in total. The minimum atomic E-state index is 0.204. The molecule has 2 aliphatic rings. The summed E-state index contributed by atoms with van der Waals surface area (Å²) in [6, 6.07) is 4.81. The minimum Gasteiger partial charge on any atom is -0.507 e. The monoisotopic (exact) mass is 370 g/mol. The summed E-state index contributed by atoms with van der Waals surface area (Å²) in [7, 11) is 0. The molecule has 0 unspecified atom stereocenters. The second-order valence-electron chi connectivity index (χ2n) is 10.0. The quantitative estimate of drug-likeness (QED) is 0.478. The Morgan fingerprint density at radius 1 is 0.815 bits per heavy atom. The van der Waals surface area contributed by atoms with Crippen molar-refractivity contribution in [3.05, 3.63) is 28.8 Å². The number of benzene rings is 1. The molecule has 2 aliphatic carbocycles. The molecule has 0 spiro atoms. The summed E-state index contributed by atoms with van der Waals surface area (Å²) in [5.41, 5.74) is 4.26. The van der Waals surface area contributed by atoms with Crippen molar-refractivity contribution in [2.45, 2.75) is 128 Å². The van der Waals surface area contributed by atoms with Gasteiger partial charge in [0.05, 0.1) is 0 Å². The summed E-state index contributed by atoms with van der Waals surface area (Å²) in [4.78, 5) is 0. The normalized spacial score (nSPS) is 20.1. The number of phenols is 1. The van der Waals surface area contributed by atoms with Gasteiger partial charge in [-0.3, -0.25) is 0 Å². The van der Waals surface area contributed by atoms with Crippen LogP contribution < -0.4 is 0 Å². The molecule has 0 amide bonds. The second kappa shape index (κ2) is 9.48. The summed E-state index contributed by atoms with van der Waals surface area (Å²) >= 11 is 0. The molecular formula is C26H42O. The Kier molecular flexibility index (Phi) is 7.29. The van der Waals surface area contributed by atoms with Gasteiger partial charge in [-0.1, -0.05) is 90.7 Å². The predicted molar refractivity (Wildman–Crippen MR) is 117 cm³/mol. The van der Waals surface area contributed by atoms with E-state index < -0.39 is 0 Å². The third kappa shape index (κ3) is 5.09. The highest BCUT2D eigenvalue weighted by Crippen LogP contribution is 2.46. The third-order valence-electron chi connectivity index (χ3n) is 7.45. The zero-order valence-corrected chi connectivity index (χ0v) is 18.2. The first kappa shape index (κ1) is 20.7. The molecule has 27 heavy (non-hydrogen) atoms. The molecule has 1 N–H and O–H groups in total. The van der Waals surface area contributed by atoms with Crippen molar-refractivity contribution in [1.29, 1.82) is 0 Å². The highest BCUT2D eigenvalue weighted by molar-refractivity contribution is 5.49. The van der Waals surface area contributed by atoms with Gasteiger partial charge in [0, 0.05) is 0 Å². The first-order valence-corrected chi connectivity index (χ1v) is 11.9. The molecule has 0 radical (unpaired) electrons. The molecule has 0 atom stereocenters. The Labute approximate surface area is 168 Å². The number of hydrogen-bond acceptors (Lipinski definition) is 1. The maximum absolute atomic E-state index is 11.3. The summed E-state index contributed by atoms with van der Waals surface area (Å²) in [6.45, 7) is 7.13. The van der Waals surface area contributed by atoms with E-state index in [1.165, 1.54) is 107 Å². The average Bonchev–Trinajstić information content (AvgIpc) is 2.69. The van der Waals surface area contributed by atoms with E-state index in [2.05, 4.69) is 32.9 Å². The van der Waals surface area contributed by atoms with E-state index in [1.807, 2.05) is 0 Å². The van der Waals surface area contributed by atoms with E-state index in [4.69, 9.17) is 0 Å². The smallest absolute Gasteiger partial charge is 0.122 e. The van der Waals surface area contributed by atoms with E-state index >= 15 is 0 Å². The lowest BCUT2D eigenvalue weighted by molar-refractivity contribution is 0.388. The zero-order chi connectivity index (χ0) is 19.3. The highest BCUT2D eigenvalue weighted by atomic mass is 16.3. The Bertz CT molecular complexity index is 549. The van der Waals surface area contributed by atoms with Gasteiger partial charge in [0.25, 0.3) is 0 Å². The standard InChI is InChI=1S/C26H42O/c1-4-5-12-17-26(2,3)22-18-23(20-13-8-6-9-14-20)25(27)24(19-22)21-15-10-7-11-16-21/h18-21,27H,4-17H2,1-3H3. The minimum absolute atomic E-state index is 0.204. The van der Waals surface area contributed by atoms with E-state index in [0.29, 0.717) is 17.6 Å².